The van der Waals surface area contributed by atoms with E-state index in [-0.39, 0.29) is 18.0 Å². The summed E-state index contributed by atoms with van der Waals surface area (Å²) in [5.74, 6) is -0.968. The van der Waals surface area contributed by atoms with Crippen LogP contribution in [0.15, 0.2) is 36.4 Å². The molecule has 2 bridgehead atoms. The first-order valence-electron chi connectivity index (χ1n) is 8.59. The highest BCUT2D eigenvalue weighted by molar-refractivity contribution is 6.03. The number of carbonyl (C=O) groups is 2. The van der Waals surface area contributed by atoms with Gasteiger partial charge in [-0.3, -0.25) is 9.59 Å². The Kier molecular flexibility index (Phi) is 3.80. The molecule has 1 aromatic rings. The maximum absolute atomic E-state index is 13.2. The monoisotopic (exact) mass is 343 g/mol. The number of amides is 1. The summed E-state index contributed by atoms with van der Waals surface area (Å²) in [6.45, 7) is 2.67. The Balaban J connectivity index is 1.67. The fourth-order valence-electron chi connectivity index (χ4n) is 4.12. The first-order valence-corrected chi connectivity index (χ1v) is 8.59. The first-order chi connectivity index (χ1) is 12.1. The molecule has 3 heterocycles. The fourth-order valence-corrected chi connectivity index (χ4v) is 4.12. The average Bonchev–Trinajstić information content (AvgIpc) is 3.28. The highest BCUT2D eigenvalue weighted by Crippen LogP contribution is 2.53. The molecule has 2 fully saturated rings. The van der Waals surface area contributed by atoms with Crippen molar-refractivity contribution in [1.29, 1.82) is 0 Å². The fraction of sp³-hybridized carbons (Fsp3) is 0.474. The van der Waals surface area contributed by atoms with Crippen LogP contribution in [0, 0.1) is 11.8 Å². The molecular formula is C19H21NO5. The van der Waals surface area contributed by atoms with Gasteiger partial charge in [0.05, 0.1) is 38.0 Å². The SMILES string of the molecule is CCCOC(=O)[C@@H]1[C@@H]2C=C[C@@]3(CN(c4ccccc4OC)C(=O)[C@H]13)O2. The van der Waals surface area contributed by atoms with Gasteiger partial charge in [0.2, 0.25) is 5.91 Å². The number of nitrogens with zero attached hydrogens (tertiary/aromatic N) is 1. The maximum atomic E-state index is 13.2. The van der Waals surface area contributed by atoms with Gasteiger partial charge in [-0.25, -0.2) is 0 Å². The normalized spacial score (nSPS) is 32.2. The maximum Gasteiger partial charge on any atom is 0.312 e. The quantitative estimate of drug-likeness (QED) is 0.604. The molecule has 6 heteroatoms. The van der Waals surface area contributed by atoms with Crippen molar-refractivity contribution in [3.63, 3.8) is 0 Å². The number of rotatable bonds is 5. The lowest BCUT2D eigenvalue weighted by Crippen LogP contribution is -2.40. The van der Waals surface area contributed by atoms with Crippen LogP contribution in [0.5, 0.6) is 5.75 Å². The summed E-state index contributed by atoms with van der Waals surface area (Å²) in [5, 5.41) is 0. The third-order valence-electron chi connectivity index (χ3n) is 5.20. The van der Waals surface area contributed by atoms with Crippen LogP contribution in [0.1, 0.15) is 13.3 Å². The third kappa shape index (κ3) is 2.28. The van der Waals surface area contributed by atoms with Gasteiger partial charge in [-0.15, -0.1) is 0 Å². The largest absolute Gasteiger partial charge is 0.495 e. The van der Waals surface area contributed by atoms with Crippen molar-refractivity contribution in [3.05, 3.63) is 36.4 Å². The van der Waals surface area contributed by atoms with Crippen LogP contribution >= 0.6 is 0 Å². The zero-order valence-corrected chi connectivity index (χ0v) is 14.3. The van der Waals surface area contributed by atoms with Crippen LogP contribution in [-0.2, 0) is 19.1 Å². The van der Waals surface area contributed by atoms with Gasteiger partial charge in [0.1, 0.15) is 17.3 Å². The molecule has 4 rings (SSSR count). The number of methoxy groups -OCH3 is 1. The number of hydrogen-bond acceptors (Lipinski definition) is 5. The molecule has 132 valence electrons. The molecule has 4 atom stereocenters. The average molecular weight is 343 g/mol. The Morgan fingerprint density at radius 2 is 2.20 bits per heavy atom. The lowest BCUT2D eigenvalue weighted by Gasteiger charge is -2.23. The summed E-state index contributed by atoms with van der Waals surface area (Å²) in [5.41, 5.74) is -0.0571. The van der Waals surface area contributed by atoms with E-state index in [1.165, 1.54) is 0 Å². The molecule has 6 nitrogen and oxygen atoms in total. The lowest BCUT2D eigenvalue weighted by molar-refractivity contribution is -0.152. The second kappa shape index (κ2) is 5.88. The second-order valence-electron chi connectivity index (χ2n) is 6.66. The van der Waals surface area contributed by atoms with E-state index >= 15 is 0 Å². The van der Waals surface area contributed by atoms with Gasteiger partial charge >= 0.3 is 5.97 Å². The van der Waals surface area contributed by atoms with Gasteiger partial charge < -0.3 is 19.1 Å². The molecule has 25 heavy (non-hydrogen) atoms. The molecule has 0 unspecified atom stereocenters. The standard InChI is InChI=1S/C19H21NO5/c1-3-10-24-18(22)15-14-8-9-19(25-14)11-20(17(21)16(15)19)12-6-4-5-7-13(12)23-2/h4-9,14-16H,3,10-11H2,1-2H3/t14-,15+,16-,19-/m0/s1. The molecule has 0 saturated carbocycles. The smallest absolute Gasteiger partial charge is 0.312 e. The predicted octanol–water partition coefficient (Wildman–Crippen LogP) is 1.93. The Hall–Kier alpha value is -2.34. The van der Waals surface area contributed by atoms with E-state index in [4.69, 9.17) is 14.2 Å². The van der Waals surface area contributed by atoms with Crippen molar-refractivity contribution >= 4 is 17.6 Å². The molecule has 2 saturated heterocycles. The van der Waals surface area contributed by atoms with Gasteiger partial charge in [-0.1, -0.05) is 31.2 Å². The highest BCUT2D eigenvalue weighted by Gasteiger charge is 2.67. The van der Waals surface area contributed by atoms with Gasteiger partial charge in [0.25, 0.3) is 0 Å². The summed E-state index contributed by atoms with van der Waals surface area (Å²) in [6.07, 6.45) is 4.18. The number of ether oxygens (including phenoxy) is 3. The van der Waals surface area contributed by atoms with Gasteiger partial charge in [0.15, 0.2) is 0 Å². The van der Waals surface area contributed by atoms with E-state index in [2.05, 4.69) is 0 Å². The van der Waals surface area contributed by atoms with Crippen molar-refractivity contribution in [2.24, 2.45) is 11.8 Å². The molecule has 1 aromatic carbocycles. The number of anilines is 1. The van der Waals surface area contributed by atoms with Crippen molar-refractivity contribution < 1.29 is 23.8 Å². The topological polar surface area (TPSA) is 65.1 Å². The van der Waals surface area contributed by atoms with E-state index in [1.54, 1.807) is 12.0 Å². The zero-order valence-electron chi connectivity index (χ0n) is 14.3. The second-order valence-corrected chi connectivity index (χ2v) is 6.66. The van der Waals surface area contributed by atoms with E-state index < -0.39 is 17.4 Å². The van der Waals surface area contributed by atoms with Crippen LogP contribution in [0.25, 0.3) is 0 Å². The Labute approximate surface area is 146 Å². The van der Waals surface area contributed by atoms with Crippen LogP contribution in [-0.4, -0.2) is 43.8 Å². The summed E-state index contributed by atoms with van der Waals surface area (Å²) in [7, 11) is 1.57. The lowest BCUT2D eigenvalue weighted by atomic mass is 9.77. The molecule has 0 N–H and O–H groups in total. The number of benzene rings is 1. The Bertz CT molecular complexity index is 745. The van der Waals surface area contributed by atoms with E-state index in [1.807, 2.05) is 43.3 Å². The van der Waals surface area contributed by atoms with Gasteiger partial charge in [-0.2, -0.15) is 0 Å². The molecule has 0 radical (unpaired) electrons. The molecule has 1 amide bonds. The minimum atomic E-state index is -0.751. The Morgan fingerprint density at radius 1 is 1.40 bits per heavy atom. The van der Waals surface area contributed by atoms with Gasteiger partial charge in [0, 0.05) is 0 Å². The Morgan fingerprint density at radius 3 is 2.96 bits per heavy atom. The van der Waals surface area contributed by atoms with Gasteiger partial charge in [-0.05, 0) is 18.6 Å². The minimum absolute atomic E-state index is 0.116. The summed E-state index contributed by atoms with van der Waals surface area (Å²) < 4.78 is 16.8. The third-order valence-corrected chi connectivity index (χ3v) is 5.20. The number of carbonyl (C=O) groups excluding carboxylic acids is 2. The number of para-hydroxylation sites is 2. The number of fused-ring (bicyclic) bond motifs is 1. The van der Waals surface area contributed by atoms with Crippen LogP contribution in [0.2, 0.25) is 0 Å². The van der Waals surface area contributed by atoms with Crippen LogP contribution < -0.4 is 9.64 Å². The molecule has 3 aliphatic heterocycles. The first kappa shape index (κ1) is 16.1. The van der Waals surface area contributed by atoms with E-state index in [9.17, 15) is 9.59 Å². The van der Waals surface area contributed by atoms with Crippen molar-refractivity contribution in [1.82, 2.24) is 0 Å². The predicted molar refractivity (Wildman–Crippen MR) is 90.3 cm³/mol. The van der Waals surface area contributed by atoms with Crippen molar-refractivity contribution in [2.75, 3.05) is 25.2 Å². The molecule has 1 spiro atoms. The summed E-state index contributed by atoms with van der Waals surface area (Å²) in [6, 6.07) is 7.37. The molecular weight excluding hydrogens is 322 g/mol. The van der Waals surface area contributed by atoms with Crippen molar-refractivity contribution in [2.45, 2.75) is 25.0 Å². The van der Waals surface area contributed by atoms with E-state index in [0.717, 1.165) is 6.42 Å². The van der Waals surface area contributed by atoms with Crippen molar-refractivity contribution in [3.8, 4) is 5.75 Å². The zero-order chi connectivity index (χ0) is 17.6. The molecule has 0 aliphatic carbocycles. The minimum Gasteiger partial charge on any atom is -0.495 e. The van der Waals surface area contributed by atoms with E-state index in [0.29, 0.717) is 24.6 Å². The molecule has 3 aliphatic rings. The van der Waals surface area contributed by atoms with Crippen LogP contribution in [0.4, 0.5) is 5.69 Å². The summed E-state index contributed by atoms with van der Waals surface area (Å²) >= 11 is 0. The summed E-state index contributed by atoms with van der Waals surface area (Å²) in [4.78, 5) is 27.4. The van der Waals surface area contributed by atoms with Crippen LogP contribution in [0.3, 0.4) is 0 Å². The highest BCUT2D eigenvalue weighted by atomic mass is 16.6. The number of esters is 1. The molecule has 0 aromatic heterocycles. The number of hydrogen-bond donors (Lipinski definition) is 0.